The Hall–Kier alpha value is -3.34. The summed E-state index contributed by atoms with van der Waals surface area (Å²) in [6.45, 7) is 9.67. The van der Waals surface area contributed by atoms with E-state index in [0.29, 0.717) is 24.6 Å². The fourth-order valence-corrected chi connectivity index (χ4v) is 3.78. The molecule has 1 fully saturated rings. The van der Waals surface area contributed by atoms with Gasteiger partial charge >= 0.3 is 0 Å². The van der Waals surface area contributed by atoms with E-state index in [9.17, 15) is 14.9 Å². The van der Waals surface area contributed by atoms with Crippen LogP contribution in [0, 0.1) is 31.1 Å². The molecule has 3 heterocycles. The molecule has 8 nitrogen and oxygen atoms in total. The molecule has 3 rings (SSSR count). The van der Waals surface area contributed by atoms with Gasteiger partial charge in [-0.05, 0) is 43.9 Å². The average Bonchev–Trinajstić information content (AvgIpc) is 3.34. The maximum absolute atomic E-state index is 12.7. The van der Waals surface area contributed by atoms with E-state index in [2.05, 4.69) is 28.8 Å². The summed E-state index contributed by atoms with van der Waals surface area (Å²) in [5, 5.41) is 16.4. The van der Waals surface area contributed by atoms with Crippen molar-refractivity contribution in [2.45, 2.75) is 46.7 Å². The smallest absolute Gasteiger partial charge is 0.262 e. The Kier molecular flexibility index (Phi) is 6.11. The molecule has 0 aliphatic carbocycles. The van der Waals surface area contributed by atoms with Crippen LogP contribution in [-0.4, -0.2) is 38.7 Å². The topological polar surface area (TPSA) is 96.0 Å². The Balaban J connectivity index is 1.74. The number of nitrogens with zero attached hydrogens (tertiary/aromatic N) is 5. The van der Waals surface area contributed by atoms with Gasteiger partial charge in [-0.1, -0.05) is 13.8 Å². The van der Waals surface area contributed by atoms with Crippen LogP contribution >= 0.6 is 0 Å². The lowest BCUT2D eigenvalue weighted by Gasteiger charge is -2.15. The van der Waals surface area contributed by atoms with E-state index < -0.39 is 11.9 Å². The van der Waals surface area contributed by atoms with E-state index in [-0.39, 0.29) is 11.5 Å². The summed E-state index contributed by atoms with van der Waals surface area (Å²) in [4.78, 5) is 27.0. The van der Waals surface area contributed by atoms with E-state index in [4.69, 9.17) is 0 Å². The zero-order valence-electron chi connectivity index (χ0n) is 18.1. The highest BCUT2D eigenvalue weighted by molar-refractivity contribution is 6.06. The van der Waals surface area contributed by atoms with Crippen LogP contribution in [-0.2, 0) is 23.2 Å². The highest BCUT2D eigenvalue weighted by atomic mass is 16.2. The van der Waals surface area contributed by atoms with Gasteiger partial charge in [0.1, 0.15) is 17.7 Å². The van der Waals surface area contributed by atoms with Crippen LogP contribution in [0.1, 0.15) is 37.2 Å². The summed E-state index contributed by atoms with van der Waals surface area (Å²) in [5.74, 6) is -0.234. The van der Waals surface area contributed by atoms with Crippen molar-refractivity contribution in [1.82, 2.24) is 19.7 Å². The van der Waals surface area contributed by atoms with Crippen LogP contribution in [0.3, 0.4) is 0 Å². The molecule has 1 aliphatic rings. The highest BCUT2D eigenvalue weighted by Crippen LogP contribution is 2.22. The number of amides is 2. The van der Waals surface area contributed by atoms with Crippen molar-refractivity contribution in [2.24, 2.45) is 13.0 Å². The van der Waals surface area contributed by atoms with Gasteiger partial charge in [0, 0.05) is 37.7 Å². The van der Waals surface area contributed by atoms with Crippen LogP contribution in [0.5, 0.6) is 0 Å². The molecule has 1 saturated heterocycles. The lowest BCUT2D eigenvalue weighted by Crippen LogP contribution is -2.42. The molecule has 0 saturated carbocycles. The molecule has 158 valence electrons. The van der Waals surface area contributed by atoms with Crippen LogP contribution in [0.15, 0.2) is 24.0 Å². The first kappa shape index (κ1) is 21.4. The van der Waals surface area contributed by atoms with Crippen molar-refractivity contribution >= 4 is 23.6 Å². The molecular weight excluding hydrogens is 380 g/mol. The summed E-state index contributed by atoms with van der Waals surface area (Å²) in [5.41, 5.74) is 3.64. The molecule has 2 aromatic heterocycles. The predicted molar refractivity (Wildman–Crippen MR) is 114 cm³/mol. The Bertz CT molecular complexity index is 1040. The number of hydrogen-bond acceptors (Lipinski definition) is 4. The van der Waals surface area contributed by atoms with E-state index in [1.165, 1.54) is 0 Å². The van der Waals surface area contributed by atoms with Crippen LogP contribution in [0.2, 0.25) is 0 Å². The lowest BCUT2D eigenvalue weighted by molar-refractivity contribution is -0.124. The fraction of sp³-hybridized carbons (Fsp3) is 0.455. The normalized spacial score (nSPS) is 17.0. The number of carbonyl (C=O) groups excluding carboxylic acids is 2. The zero-order valence-corrected chi connectivity index (χ0v) is 18.1. The first-order valence-corrected chi connectivity index (χ1v) is 10.1. The average molecular weight is 409 g/mol. The number of rotatable bonds is 6. The summed E-state index contributed by atoms with van der Waals surface area (Å²) in [6.07, 6.45) is 5.47. The summed E-state index contributed by atoms with van der Waals surface area (Å²) < 4.78 is 3.82. The number of carbonyl (C=O) groups is 2. The number of nitrogens with one attached hydrogen (secondary N) is 1. The van der Waals surface area contributed by atoms with Crippen molar-refractivity contribution < 1.29 is 9.59 Å². The Morgan fingerprint density at radius 2 is 2.17 bits per heavy atom. The van der Waals surface area contributed by atoms with E-state index in [0.717, 1.165) is 23.5 Å². The van der Waals surface area contributed by atoms with Gasteiger partial charge in [-0.3, -0.25) is 14.3 Å². The Morgan fingerprint density at radius 1 is 1.43 bits per heavy atom. The maximum atomic E-state index is 12.7. The molecule has 1 atom stereocenters. The van der Waals surface area contributed by atoms with Gasteiger partial charge in [0.05, 0.1) is 11.9 Å². The van der Waals surface area contributed by atoms with Crippen molar-refractivity contribution in [3.8, 4) is 6.07 Å². The molecule has 0 aromatic carbocycles. The monoisotopic (exact) mass is 408 g/mol. The van der Waals surface area contributed by atoms with Gasteiger partial charge in [-0.15, -0.1) is 0 Å². The standard InChI is InChI=1S/C22H28N6O2/c1-14(2)12-28-15(3)8-17(16(28)4)9-18(10-23)21(29)25-20-6-7-27(22(20)30)19-11-24-26(5)13-19/h8-9,11,13-14,20H,6-7,12H2,1-5H3,(H,25,29)/b18-9-. The van der Waals surface area contributed by atoms with Gasteiger partial charge in [-0.25, -0.2) is 0 Å². The summed E-state index contributed by atoms with van der Waals surface area (Å²) in [6, 6.07) is 3.31. The van der Waals surface area contributed by atoms with E-state index >= 15 is 0 Å². The minimum Gasteiger partial charge on any atom is -0.348 e. The third-order valence-electron chi connectivity index (χ3n) is 5.34. The molecule has 0 spiro atoms. The van der Waals surface area contributed by atoms with Gasteiger partial charge in [0.25, 0.3) is 5.91 Å². The molecule has 1 aliphatic heterocycles. The zero-order chi connectivity index (χ0) is 22.0. The van der Waals surface area contributed by atoms with E-state index in [1.807, 2.05) is 26.0 Å². The van der Waals surface area contributed by atoms with Crippen molar-refractivity contribution in [3.05, 3.63) is 41.0 Å². The molecule has 0 radical (unpaired) electrons. The molecule has 2 amide bonds. The SMILES string of the molecule is Cc1cc(/C=C(/C#N)C(=O)NC2CCN(c3cnn(C)c3)C2=O)c(C)n1CC(C)C. The number of nitriles is 1. The third kappa shape index (κ3) is 4.30. The van der Waals surface area contributed by atoms with Gasteiger partial charge in [0.2, 0.25) is 5.91 Å². The quantitative estimate of drug-likeness (QED) is 0.586. The minimum absolute atomic E-state index is 0.00701. The molecule has 2 aromatic rings. The molecular formula is C22H28N6O2. The molecule has 1 N–H and O–H groups in total. The van der Waals surface area contributed by atoms with Gasteiger partial charge < -0.3 is 14.8 Å². The van der Waals surface area contributed by atoms with Crippen molar-refractivity contribution in [3.63, 3.8) is 0 Å². The first-order valence-electron chi connectivity index (χ1n) is 10.1. The van der Waals surface area contributed by atoms with Crippen molar-refractivity contribution in [1.29, 1.82) is 5.26 Å². The minimum atomic E-state index is -0.650. The molecule has 30 heavy (non-hydrogen) atoms. The van der Waals surface area contributed by atoms with Crippen LogP contribution in [0.25, 0.3) is 6.08 Å². The second-order valence-electron chi connectivity index (χ2n) is 8.18. The Labute approximate surface area is 176 Å². The molecule has 0 bridgehead atoms. The summed E-state index contributed by atoms with van der Waals surface area (Å²) in [7, 11) is 1.78. The maximum Gasteiger partial charge on any atom is 0.262 e. The summed E-state index contributed by atoms with van der Waals surface area (Å²) >= 11 is 0. The number of aromatic nitrogens is 3. The van der Waals surface area contributed by atoms with Gasteiger partial charge in [-0.2, -0.15) is 10.4 Å². The number of anilines is 1. The van der Waals surface area contributed by atoms with E-state index in [1.54, 1.807) is 35.1 Å². The second kappa shape index (κ2) is 8.57. The largest absolute Gasteiger partial charge is 0.348 e. The van der Waals surface area contributed by atoms with Crippen molar-refractivity contribution in [2.75, 3.05) is 11.4 Å². The number of aryl methyl sites for hydroxylation is 2. The fourth-order valence-electron chi connectivity index (χ4n) is 3.78. The van der Waals surface area contributed by atoms with Gasteiger partial charge in [0.15, 0.2) is 0 Å². The first-order chi connectivity index (χ1) is 14.2. The van der Waals surface area contributed by atoms with Crippen LogP contribution in [0.4, 0.5) is 5.69 Å². The highest BCUT2D eigenvalue weighted by Gasteiger charge is 2.34. The second-order valence-corrected chi connectivity index (χ2v) is 8.18. The Morgan fingerprint density at radius 3 is 2.77 bits per heavy atom. The predicted octanol–water partition coefficient (Wildman–Crippen LogP) is 2.32. The molecule has 1 unspecified atom stereocenters. The third-order valence-corrected chi connectivity index (χ3v) is 5.34. The lowest BCUT2D eigenvalue weighted by atomic mass is 10.1. The molecule has 8 heteroatoms. The number of hydrogen-bond donors (Lipinski definition) is 1. The van der Waals surface area contributed by atoms with Crippen LogP contribution < -0.4 is 10.2 Å².